The highest BCUT2D eigenvalue weighted by Gasteiger charge is 2.45. The molecule has 149 heavy (non-hydrogen) atoms. The Balaban J connectivity index is 1.47. The van der Waals surface area contributed by atoms with E-state index in [1.165, 1.54) is 58.9 Å². The molecule has 0 aliphatic carbocycles. The molecule has 6 amide bonds. The molecule has 25 N–H and O–H groups in total. The summed E-state index contributed by atoms with van der Waals surface area (Å²) in [6, 6.07) is 4.12. The van der Waals surface area contributed by atoms with E-state index in [0.717, 1.165) is 0 Å². The largest absolute Gasteiger partial charge is 0.508 e. The van der Waals surface area contributed by atoms with Crippen molar-refractivity contribution in [3.63, 3.8) is 0 Å². The molecule has 43 nitrogen and oxygen atoms in total. The molecular weight excluding hydrogens is 1920 g/mol. The lowest BCUT2D eigenvalue weighted by atomic mass is 9.85. The van der Waals surface area contributed by atoms with E-state index in [-0.39, 0.29) is 156 Å². The van der Waals surface area contributed by atoms with E-state index in [4.69, 9.17) is 11.5 Å². The van der Waals surface area contributed by atoms with E-state index >= 15 is 19.2 Å². The molecule has 824 valence electrons. The van der Waals surface area contributed by atoms with Gasteiger partial charge in [0.1, 0.15) is 29.9 Å². The molecule has 43 heteroatoms. The van der Waals surface area contributed by atoms with Gasteiger partial charge in [-0.25, -0.2) is 32.6 Å². The van der Waals surface area contributed by atoms with Crippen molar-refractivity contribution < 1.29 is 111 Å². The predicted molar refractivity (Wildman–Crippen MR) is 560 cm³/mol. The number of aliphatic hydroxyl groups is 1. The Bertz CT molecular complexity index is 5220. The van der Waals surface area contributed by atoms with E-state index in [1.807, 2.05) is 26.0 Å². The van der Waals surface area contributed by atoms with Crippen molar-refractivity contribution in [2.75, 3.05) is 45.8 Å². The van der Waals surface area contributed by atoms with Crippen molar-refractivity contribution in [2.24, 2.45) is 23.3 Å². The summed E-state index contributed by atoms with van der Waals surface area (Å²) < 4.78 is 0. The maximum absolute atomic E-state index is 15.7. The van der Waals surface area contributed by atoms with Gasteiger partial charge >= 0.3 is 5.97 Å². The van der Waals surface area contributed by atoms with Crippen LogP contribution in [-0.2, 0) is 115 Å². The topological polar surface area (TPSA) is 674 Å². The zero-order valence-corrected chi connectivity index (χ0v) is 89.0. The summed E-state index contributed by atoms with van der Waals surface area (Å²) in [4.78, 5) is 282. The first-order valence-electron chi connectivity index (χ1n) is 51.5. The molecule has 5 rings (SSSR count). The van der Waals surface area contributed by atoms with Crippen LogP contribution in [0.25, 0.3) is 10.9 Å². The number of nitrogens with one attached hydrogen (secondary N) is 18. The number of aliphatic hydroxyl groups excluding tert-OH is 1. The molecule has 0 saturated carbocycles. The number of aromatic amines is 1. The molecule has 0 radical (unpaired) electrons. The number of aromatic nitrogens is 1. The number of para-hydroxylation sites is 1. The minimum absolute atomic E-state index is 0.0116. The Kier molecular flexibility index (Phi) is 54.8. The number of carboxylic acids is 1. The van der Waals surface area contributed by atoms with Crippen LogP contribution in [0.3, 0.4) is 0 Å². The van der Waals surface area contributed by atoms with Crippen LogP contribution in [0.2, 0.25) is 0 Å². The van der Waals surface area contributed by atoms with Gasteiger partial charge < -0.3 is 79.6 Å². The maximum Gasteiger partial charge on any atom is 0.303 e. The molecule has 0 saturated heterocycles. The van der Waals surface area contributed by atoms with Gasteiger partial charge in [0.2, 0.25) is 58.6 Å². The minimum atomic E-state index is -2.10. The smallest absolute Gasteiger partial charge is 0.303 e. The third-order valence-corrected chi connectivity index (χ3v) is 26.5. The highest BCUT2D eigenvalue weighted by Crippen LogP contribution is 2.26. The third-order valence-electron chi connectivity index (χ3n) is 26.5. The van der Waals surface area contributed by atoms with Crippen LogP contribution >= 0.6 is 0 Å². The van der Waals surface area contributed by atoms with Crippen LogP contribution in [0, 0.1) is 11.8 Å². The Morgan fingerprint density at radius 2 is 1.11 bits per heavy atom. The fourth-order valence-corrected chi connectivity index (χ4v) is 16.4. The summed E-state index contributed by atoms with van der Waals surface area (Å²) in [7, 11) is 0. The van der Waals surface area contributed by atoms with Crippen molar-refractivity contribution in [1.82, 2.24) is 96.0 Å². The quantitative estimate of drug-likeness (QED) is 0.0127. The van der Waals surface area contributed by atoms with Gasteiger partial charge in [0.25, 0.3) is 0 Å². The number of amides is 6. The normalized spacial score (nSPS) is 21.5. The molecule has 1 aliphatic heterocycles. The summed E-state index contributed by atoms with van der Waals surface area (Å²) in [5.74, 6) is -15.5. The molecule has 0 spiro atoms. The summed E-state index contributed by atoms with van der Waals surface area (Å²) in [5, 5.41) is 63.7. The van der Waals surface area contributed by atoms with E-state index < -0.39 is 227 Å². The molecule has 17 atom stereocenters. The average molecular weight is 2080 g/mol. The lowest BCUT2D eigenvalue weighted by molar-refractivity contribution is -0.144. The molecule has 4 aromatic rings. The number of aliphatic carboxylic acids is 1. The number of hydrazine groups is 3. The molecular formula is C106H162N20O23. The van der Waals surface area contributed by atoms with Gasteiger partial charge in [0.15, 0.2) is 52.0 Å². The number of nitrogens with two attached hydrogens (primary N) is 2. The molecule has 0 unspecified atom stereocenters. The van der Waals surface area contributed by atoms with Gasteiger partial charge in [-0.3, -0.25) is 107 Å². The van der Waals surface area contributed by atoms with Crippen LogP contribution < -0.4 is 103 Å². The van der Waals surface area contributed by atoms with Crippen LogP contribution in [0.1, 0.15) is 243 Å². The van der Waals surface area contributed by atoms with Crippen LogP contribution in [0.4, 0.5) is 0 Å². The average Bonchev–Trinajstić information content (AvgIpc) is 1.18. The number of carbonyl (C=O) groups is 20. The van der Waals surface area contributed by atoms with Gasteiger partial charge in [-0.1, -0.05) is 120 Å². The molecule has 0 bridgehead atoms. The highest BCUT2D eigenvalue weighted by molar-refractivity contribution is 6.43. The van der Waals surface area contributed by atoms with Crippen molar-refractivity contribution in [1.29, 1.82) is 0 Å². The number of phenols is 1. The van der Waals surface area contributed by atoms with E-state index in [2.05, 4.69) is 96.0 Å². The number of allylic oxidation sites excluding steroid dienone is 2. The fourth-order valence-electron chi connectivity index (χ4n) is 16.4. The zero-order valence-electron chi connectivity index (χ0n) is 89.0. The van der Waals surface area contributed by atoms with E-state index in [0.29, 0.717) is 66.1 Å². The van der Waals surface area contributed by atoms with Crippen LogP contribution in [0.5, 0.6) is 5.75 Å². The third kappa shape index (κ3) is 45.1. The number of fused-ring (bicyclic) bond motifs is 1. The Hall–Kier alpha value is -11.8. The second-order valence-corrected chi connectivity index (χ2v) is 40.8. The molecule has 1 aliphatic rings. The van der Waals surface area contributed by atoms with Crippen molar-refractivity contribution in [3.05, 3.63) is 114 Å². The molecule has 0 fully saturated rings. The standard InChI is InChI=1S/C106H162N20O23/c1-61(2)49-81(117-70(12)128)101(147)119-95(69(11)127)98(144)96(142)80(51-71-31-25-24-26-32-71)125-126-106(16)46-30-23-21-19-17-18-20-22-29-45-105(15,92(138)60-114-64(6)85(131)44-47-109-63(5)84(130)43-48-110-66(8)89(135)58-116-104(13,14)91(137)59-113-67(9)88(134)56-112-68(10)100(108)146)120-103(149)82(50-62(3)4)123-121-77(39-41-93(107)139)90(136)57-111-65(7)86(132)54-87(133)79(53-73-55-115-76-34-28-27-33-75(73)76)122-124-83(52-72-35-37-74(129)38-36-72)102(148)118-78(40-42-94(140)141)97(143)99(106)145/h18,20,24-28,31-38,55,61-69,77-83,95,109-116,121-127,129H,17,19,21-23,29-30,39-54,56-60H2,1-16H3,(H2,107,139)(H2,108,146)(H,117,128)(H,118,148)(H,119,147)(H,120,149)(H,140,141)/t63-,64-,65-,66-,67-,68+,69+,77-,78-,79-,80-,81-,82-,83-,95-,105-,106+/m0/s1. The SMILES string of the molecule is CC(=O)N[C@@H](CC(C)C)C(=O)N[C@H](C(=O)C(=O)[C@H](Cc1ccccc1)NN[C@]1(C)CCCCCCC=CCCC[C@@](C)(C(=O)CN[C@@H](C)C(=O)CCN[C@@H](C)C(=O)CCN[C@@H](C)C(=O)CNC(C)(C)C(=O)CN[C@@H](C)C(=O)CN[C@H](C)C(N)=O)NC(=O)[C@H](CC(C)C)NN[C@@H](CCC(N)=O)C(=O)CN[C@@H](C)C(=O)CC(=O)[C@H](Cc2c[nH]c3ccccc23)NN[C@@H](Cc2ccc(O)cc2)C(=O)N[C@@H](CCC(=O)O)C(=O)C1=O)[C@@H](C)O. The number of Topliss-reactive ketones (excluding diaryl/α,β-unsaturated/α-hetero) is 13. The minimum Gasteiger partial charge on any atom is -0.508 e. The maximum atomic E-state index is 15.7. The second-order valence-electron chi connectivity index (χ2n) is 40.8. The van der Waals surface area contributed by atoms with Crippen molar-refractivity contribution in [2.45, 2.75) is 353 Å². The Morgan fingerprint density at radius 1 is 0.544 bits per heavy atom. The number of carbonyl (C=O) groups excluding carboxylic acids is 19. The number of H-pyrrole nitrogens is 1. The van der Waals surface area contributed by atoms with Gasteiger partial charge in [0, 0.05) is 62.8 Å². The monoisotopic (exact) mass is 2080 g/mol. The number of ketones is 13. The van der Waals surface area contributed by atoms with Gasteiger partial charge in [-0.2, -0.15) is 0 Å². The Morgan fingerprint density at radius 3 is 1.73 bits per heavy atom. The number of phenolic OH excluding ortho intramolecular Hbond substituents is 1. The fraction of sp³-hybridized carbons (Fsp3) is 0.604. The molecule has 3 aromatic carbocycles. The molecule has 2 heterocycles. The lowest BCUT2D eigenvalue weighted by Crippen LogP contribution is -2.65. The highest BCUT2D eigenvalue weighted by atomic mass is 16.4. The predicted octanol–water partition coefficient (Wildman–Crippen LogP) is 1.11. The molecule has 1 aromatic heterocycles. The van der Waals surface area contributed by atoms with Gasteiger partial charge in [0.05, 0.1) is 122 Å². The number of carboxylic acid groups (broad SMARTS) is 1. The first kappa shape index (κ1) is 128. The number of primary amides is 2. The first-order chi connectivity index (χ1) is 70.1. The number of aromatic hydroxyl groups is 1. The zero-order chi connectivity index (χ0) is 111. The summed E-state index contributed by atoms with van der Waals surface area (Å²) >= 11 is 0. The summed E-state index contributed by atoms with van der Waals surface area (Å²) in [6.45, 7) is 23.8. The summed E-state index contributed by atoms with van der Waals surface area (Å²) in [5.41, 5.74) is 25.7. The van der Waals surface area contributed by atoms with Gasteiger partial charge in [-0.15, -0.1) is 0 Å². The van der Waals surface area contributed by atoms with E-state index in [1.54, 1.807) is 123 Å². The van der Waals surface area contributed by atoms with Crippen molar-refractivity contribution in [3.8, 4) is 5.75 Å². The van der Waals surface area contributed by atoms with Crippen molar-refractivity contribution >= 4 is 127 Å². The number of rotatable bonds is 53. The number of hydrogen-bond donors (Lipinski definition) is 23. The van der Waals surface area contributed by atoms with Gasteiger partial charge in [-0.05, 0) is 206 Å². The van der Waals surface area contributed by atoms with E-state index in [9.17, 15) is 92.0 Å². The second kappa shape index (κ2) is 64.0. The number of benzene rings is 3. The lowest BCUT2D eigenvalue weighted by Gasteiger charge is -2.33. The van der Waals surface area contributed by atoms with Crippen LogP contribution in [0.15, 0.2) is 97.2 Å². The number of hydrogen-bond acceptors (Lipinski definition) is 35. The van der Waals surface area contributed by atoms with Crippen LogP contribution in [-0.4, -0.2) is 290 Å². The first-order valence-corrected chi connectivity index (χ1v) is 51.5. The summed E-state index contributed by atoms with van der Waals surface area (Å²) in [6.07, 6.45) is 3.19. The Labute approximate surface area is 872 Å².